The highest BCUT2D eigenvalue weighted by atomic mass is 35.5. The third kappa shape index (κ3) is 3.32. The molecule has 0 atom stereocenters. The Morgan fingerprint density at radius 1 is 1.47 bits per heavy atom. The summed E-state index contributed by atoms with van der Waals surface area (Å²) in [6.45, 7) is 6.61. The molecule has 0 amide bonds. The fraction of sp³-hybridized carbons (Fsp3) is 0.692. The summed E-state index contributed by atoms with van der Waals surface area (Å²) in [6, 6.07) is 1.96. The van der Waals surface area contributed by atoms with E-state index < -0.39 is 10.0 Å². The normalized spacial score (nSPS) is 16.5. The fourth-order valence-corrected chi connectivity index (χ4v) is 5.82. The second kappa shape index (κ2) is 5.72. The quantitative estimate of drug-likeness (QED) is 0.751. The van der Waals surface area contributed by atoms with Gasteiger partial charge in [-0.05, 0) is 37.3 Å². The van der Waals surface area contributed by atoms with E-state index in [1.54, 1.807) is 10.4 Å². The molecular formula is C13H20ClNO2S2. The maximum Gasteiger partial charge on any atom is 0.252 e. The van der Waals surface area contributed by atoms with Gasteiger partial charge >= 0.3 is 0 Å². The first-order valence-electron chi connectivity index (χ1n) is 6.53. The van der Waals surface area contributed by atoms with Gasteiger partial charge in [0.15, 0.2) is 0 Å². The van der Waals surface area contributed by atoms with Crippen LogP contribution < -0.4 is 0 Å². The Bertz CT molecular complexity index is 547. The van der Waals surface area contributed by atoms with E-state index in [9.17, 15) is 8.42 Å². The van der Waals surface area contributed by atoms with Gasteiger partial charge in [-0.3, -0.25) is 0 Å². The van der Waals surface area contributed by atoms with Crippen molar-refractivity contribution >= 4 is 33.0 Å². The molecule has 0 N–H and O–H groups in total. The van der Waals surface area contributed by atoms with Crippen molar-refractivity contribution in [3.05, 3.63) is 16.5 Å². The summed E-state index contributed by atoms with van der Waals surface area (Å²) in [4.78, 5) is 0.945. The first-order valence-corrected chi connectivity index (χ1v) is 9.32. The topological polar surface area (TPSA) is 37.4 Å². The lowest BCUT2D eigenvalue weighted by molar-refractivity contribution is 0.361. The molecule has 2 rings (SSSR count). The molecular weight excluding hydrogens is 302 g/mol. The minimum Gasteiger partial charge on any atom is -0.206 e. The van der Waals surface area contributed by atoms with Crippen LogP contribution in [0.4, 0.5) is 0 Å². The zero-order valence-corrected chi connectivity index (χ0v) is 13.9. The zero-order valence-electron chi connectivity index (χ0n) is 11.5. The van der Waals surface area contributed by atoms with Crippen molar-refractivity contribution in [3.63, 3.8) is 0 Å². The summed E-state index contributed by atoms with van der Waals surface area (Å²) < 4.78 is 27.6. The molecule has 0 spiro atoms. The highest BCUT2D eigenvalue weighted by molar-refractivity contribution is 7.91. The summed E-state index contributed by atoms with van der Waals surface area (Å²) in [5.74, 6) is 0.712. The number of sulfonamides is 1. The molecule has 0 aromatic carbocycles. The lowest BCUT2D eigenvalue weighted by Gasteiger charge is -2.22. The largest absolute Gasteiger partial charge is 0.252 e. The molecule has 3 nitrogen and oxygen atoms in total. The molecule has 0 aliphatic heterocycles. The summed E-state index contributed by atoms with van der Waals surface area (Å²) in [6.07, 6.45) is 1.97. The van der Waals surface area contributed by atoms with Gasteiger partial charge in [0.25, 0.3) is 10.0 Å². The Labute approximate surface area is 124 Å². The van der Waals surface area contributed by atoms with Crippen molar-refractivity contribution in [1.29, 1.82) is 0 Å². The molecule has 0 bridgehead atoms. The van der Waals surface area contributed by atoms with Crippen molar-refractivity contribution < 1.29 is 8.42 Å². The van der Waals surface area contributed by atoms with E-state index in [-0.39, 0.29) is 6.04 Å². The van der Waals surface area contributed by atoms with Gasteiger partial charge in [0, 0.05) is 17.5 Å². The van der Waals surface area contributed by atoms with E-state index in [0.29, 0.717) is 22.6 Å². The third-order valence-electron chi connectivity index (χ3n) is 3.18. The van der Waals surface area contributed by atoms with Crippen LogP contribution in [0.2, 0.25) is 0 Å². The number of hydrogen-bond donors (Lipinski definition) is 0. The molecule has 1 saturated carbocycles. The Kier molecular flexibility index (Phi) is 4.60. The maximum atomic E-state index is 12.7. The molecule has 108 valence electrons. The van der Waals surface area contributed by atoms with Crippen LogP contribution in [0.25, 0.3) is 0 Å². The van der Waals surface area contributed by atoms with E-state index in [1.165, 1.54) is 11.3 Å². The number of thiophene rings is 1. The van der Waals surface area contributed by atoms with Gasteiger partial charge in [-0.2, -0.15) is 4.31 Å². The lowest BCUT2D eigenvalue weighted by atomic mass is 10.2. The summed E-state index contributed by atoms with van der Waals surface area (Å²) in [7, 11) is -3.35. The predicted octanol–water partition coefficient (Wildman–Crippen LogP) is 3.60. The smallest absolute Gasteiger partial charge is 0.206 e. The van der Waals surface area contributed by atoms with Crippen LogP contribution in [0.3, 0.4) is 0 Å². The third-order valence-corrected chi connectivity index (χ3v) is 7.21. The second-order valence-corrected chi connectivity index (χ2v) is 9.03. The molecule has 1 aliphatic carbocycles. The highest BCUT2D eigenvalue weighted by Gasteiger charge is 2.39. The number of nitrogens with zero attached hydrogens (tertiary/aromatic N) is 1. The van der Waals surface area contributed by atoms with Crippen LogP contribution in [0, 0.1) is 12.8 Å². The van der Waals surface area contributed by atoms with E-state index in [2.05, 4.69) is 13.8 Å². The Balaban J connectivity index is 2.32. The van der Waals surface area contributed by atoms with Gasteiger partial charge in [0.2, 0.25) is 0 Å². The minimum absolute atomic E-state index is 0.203. The summed E-state index contributed by atoms with van der Waals surface area (Å²) >= 11 is 7.14. The molecule has 19 heavy (non-hydrogen) atoms. The van der Waals surface area contributed by atoms with Gasteiger partial charge in [0.1, 0.15) is 4.21 Å². The van der Waals surface area contributed by atoms with Gasteiger partial charge in [-0.15, -0.1) is 22.9 Å². The summed E-state index contributed by atoms with van der Waals surface area (Å²) in [5, 5.41) is 0. The van der Waals surface area contributed by atoms with Crippen molar-refractivity contribution in [2.24, 2.45) is 5.92 Å². The highest BCUT2D eigenvalue weighted by Crippen LogP contribution is 2.36. The van der Waals surface area contributed by atoms with E-state index in [0.717, 1.165) is 23.3 Å². The summed E-state index contributed by atoms with van der Waals surface area (Å²) in [5.41, 5.74) is 0.971. The van der Waals surface area contributed by atoms with E-state index in [1.807, 2.05) is 6.92 Å². The molecule has 1 aromatic heterocycles. The standard InChI is InChI=1S/C13H20ClNO2S2/c1-9(2)8-15(11-4-5-11)19(16,17)13-6-10(3)12(7-14)18-13/h6,9,11H,4-5,7-8H2,1-3H3. The fourth-order valence-electron chi connectivity index (χ4n) is 2.03. The van der Waals surface area contributed by atoms with Gasteiger partial charge in [-0.1, -0.05) is 13.8 Å². The molecule has 1 aromatic rings. The van der Waals surface area contributed by atoms with Gasteiger partial charge in [-0.25, -0.2) is 8.42 Å². The van der Waals surface area contributed by atoms with E-state index in [4.69, 9.17) is 11.6 Å². The number of rotatable bonds is 6. The van der Waals surface area contributed by atoms with Crippen LogP contribution >= 0.6 is 22.9 Å². The van der Waals surface area contributed by atoms with Crippen molar-refractivity contribution in [3.8, 4) is 0 Å². The Morgan fingerprint density at radius 2 is 2.11 bits per heavy atom. The van der Waals surface area contributed by atoms with Crippen molar-refractivity contribution in [2.75, 3.05) is 6.54 Å². The second-order valence-electron chi connectivity index (χ2n) is 5.50. The molecule has 0 saturated heterocycles. The Morgan fingerprint density at radius 3 is 2.53 bits per heavy atom. The van der Waals surface area contributed by atoms with E-state index >= 15 is 0 Å². The average molecular weight is 322 g/mol. The molecule has 1 aliphatic rings. The first-order chi connectivity index (χ1) is 8.86. The first kappa shape index (κ1) is 15.3. The minimum atomic E-state index is -3.35. The predicted molar refractivity (Wildman–Crippen MR) is 80.4 cm³/mol. The lowest BCUT2D eigenvalue weighted by Crippen LogP contribution is -2.35. The zero-order chi connectivity index (χ0) is 14.2. The number of aryl methyl sites for hydroxylation is 1. The SMILES string of the molecule is Cc1cc(S(=O)(=O)N(CC(C)C)C2CC2)sc1CCl. The number of hydrogen-bond acceptors (Lipinski definition) is 3. The Hall–Kier alpha value is -0.100. The van der Waals surface area contributed by atoms with Crippen LogP contribution in [0.5, 0.6) is 0 Å². The average Bonchev–Trinajstić information content (AvgIpc) is 3.08. The molecule has 1 heterocycles. The van der Waals surface area contributed by atoms with Crippen molar-refractivity contribution in [1.82, 2.24) is 4.31 Å². The van der Waals surface area contributed by atoms with Crippen LogP contribution in [0.1, 0.15) is 37.1 Å². The van der Waals surface area contributed by atoms with Crippen LogP contribution in [-0.2, 0) is 15.9 Å². The number of alkyl halides is 1. The van der Waals surface area contributed by atoms with Gasteiger partial charge in [0.05, 0.1) is 5.88 Å². The number of halogens is 1. The van der Waals surface area contributed by atoms with Crippen LogP contribution in [-0.4, -0.2) is 25.3 Å². The molecule has 0 unspecified atom stereocenters. The van der Waals surface area contributed by atoms with Crippen molar-refractivity contribution in [2.45, 2.75) is 49.7 Å². The maximum absolute atomic E-state index is 12.7. The molecule has 6 heteroatoms. The molecule has 0 radical (unpaired) electrons. The molecule has 1 fully saturated rings. The monoisotopic (exact) mass is 321 g/mol. The van der Waals surface area contributed by atoms with Crippen LogP contribution in [0.15, 0.2) is 10.3 Å². The van der Waals surface area contributed by atoms with Gasteiger partial charge < -0.3 is 0 Å².